The van der Waals surface area contributed by atoms with Gasteiger partial charge in [-0.1, -0.05) is 36.7 Å². The Hall–Kier alpha value is -0.550. The van der Waals surface area contributed by atoms with Crippen LogP contribution in [0.25, 0.3) is 0 Å². The number of hydrogen-bond acceptors (Lipinski definition) is 2. The van der Waals surface area contributed by atoms with E-state index < -0.39 is 10.0 Å². The summed E-state index contributed by atoms with van der Waals surface area (Å²) in [7, 11) is -3.27. The molecule has 108 valence electrons. The Kier molecular flexibility index (Phi) is 6.33. The summed E-state index contributed by atoms with van der Waals surface area (Å²) in [5.74, 6) is 0. The van der Waals surface area contributed by atoms with E-state index in [-0.39, 0.29) is 5.25 Å². The largest absolute Gasteiger partial charge is 0.270 e. The SMILES string of the molecule is CCCN(c1ccc(Br)cc1)S(=O)(=O)C(CC)CC. The fourth-order valence-corrected chi connectivity index (χ4v) is 4.42. The van der Waals surface area contributed by atoms with Crippen LogP contribution in [0.15, 0.2) is 28.7 Å². The van der Waals surface area contributed by atoms with Gasteiger partial charge in [-0.25, -0.2) is 8.42 Å². The fraction of sp³-hybridized carbons (Fsp3) is 0.571. The maximum atomic E-state index is 12.7. The molecule has 0 unspecified atom stereocenters. The average molecular weight is 348 g/mol. The van der Waals surface area contributed by atoms with Gasteiger partial charge in [0.2, 0.25) is 10.0 Å². The summed E-state index contributed by atoms with van der Waals surface area (Å²) >= 11 is 3.37. The third-order valence-electron chi connectivity index (χ3n) is 3.18. The number of hydrogen-bond donors (Lipinski definition) is 0. The highest BCUT2D eigenvalue weighted by Crippen LogP contribution is 2.25. The van der Waals surface area contributed by atoms with Crippen LogP contribution in [0.3, 0.4) is 0 Å². The van der Waals surface area contributed by atoms with E-state index in [4.69, 9.17) is 0 Å². The molecule has 0 aliphatic carbocycles. The van der Waals surface area contributed by atoms with Crippen LogP contribution < -0.4 is 4.31 Å². The molecule has 0 amide bonds. The molecule has 3 nitrogen and oxygen atoms in total. The molecule has 0 bridgehead atoms. The van der Waals surface area contributed by atoms with Gasteiger partial charge in [0.1, 0.15) is 0 Å². The van der Waals surface area contributed by atoms with E-state index in [9.17, 15) is 8.42 Å². The van der Waals surface area contributed by atoms with Gasteiger partial charge in [-0.2, -0.15) is 0 Å². The Balaban J connectivity index is 3.16. The van der Waals surface area contributed by atoms with Crippen molar-refractivity contribution in [3.63, 3.8) is 0 Å². The summed E-state index contributed by atoms with van der Waals surface area (Å²) in [5, 5.41) is -0.303. The number of sulfonamides is 1. The quantitative estimate of drug-likeness (QED) is 0.741. The zero-order valence-electron chi connectivity index (χ0n) is 11.8. The van der Waals surface area contributed by atoms with E-state index in [1.165, 1.54) is 0 Å². The van der Waals surface area contributed by atoms with E-state index in [2.05, 4.69) is 15.9 Å². The molecule has 0 saturated carbocycles. The fourth-order valence-electron chi connectivity index (χ4n) is 2.10. The Morgan fingerprint density at radius 3 is 2.05 bits per heavy atom. The lowest BCUT2D eigenvalue weighted by Crippen LogP contribution is -2.39. The van der Waals surface area contributed by atoms with Gasteiger partial charge >= 0.3 is 0 Å². The Morgan fingerprint density at radius 2 is 1.63 bits per heavy atom. The first-order valence-electron chi connectivity index (χ1n) is 6.74. The highest BCUT2D eigenvalue weighted by molar-refractivity contribution is 9.10. The second-order valence-corrected chi connectivity index (χ2v) is 7.59. The number of rotatable bonds is 7. The molecule has 0 N–H and O–H groups in total. The van der Waals surface area contributed by atoms with Gasteiger partial charge in [0, 0.05) is 11.0 Å². The second kappa shape index (κ2) is 7.29. The van der Waals surface area contributed by atoms with Crippen molar-refractivity contribution < 1.29 is 8.42 Å². The molecule has 1 aromatic rings. The molecule has 5 heteroatoms. The van der Waals surface area contributed by atoms with E-state index >= 15 is 0 Å². The van der Waals surface area contributed by atoms with Crippen molar-refractivity contribution in [3.8, 4) is 0 Å². The summed E-state index contributed by atoms with van der Waals surface area (Å²) in [4.78, 5) is 0. The van der Waals surface area contributed by atoms with Crippen LogP contribution in [0.5, 0.6) is 0 Å². The molecule has 0 radical (unpaired) electrons. The molecular weight excluding hydrogens is 326 g/mol. The average Bonchev–Trinajstić information content (AvgIpc) is 2.38. The third-order valence-corrected chi connectivity index (χ3v) is 6.23. The van der Waals surface area contributed by atoms with E-state index in [0.29, 0.717) is 19.4 Å². The van der Waals surface area contributed by atoms with Gasteiger partial charge in [0.25, 0.3) is 0 Å². The van der Waals surface area contributed by atoms with Crippen LogP contribution in [-0.2, 0) is 10.0 Å². The minimum absolute atomic E-state index is 0.303. The Bertz CT molecular complexity index is 481. The monoisotopic (exact) mass is 347 g/mol. The molecule has 0 fully saturated rings. The van der Waals surface area contributed by atoms with Crippen LogP contribution in [0.2, 0.25) is 0 Å². The molecule has 0 aromatic heterocycles. The molecule has 1 aromatic carbocycles. The second-order valence-electron chi connectivity index (χ2n) is 4.53. The van der Waals surface area contributed by atoms with E-state index in [0.717, 1.165) is 16.6 Å². The molecule has 0 saturated heterocycles. The summed E-state index contributed by atoms with van der Waals surface area (Å²) in [6.45, 7) is 6.38. The number of benzene rings is 1. The van der Waals surface area contributed by atoms with Gasteiger partial charge in [0.15, 0.2) is 0 Å². The Labute approximate surface area is 125 Å². The maximum Gasteiger partial charge on any atom is 0.238 e. The highest BCUT2D eigenvalue weighted by atomic mass is 79.9. The first kappa shape index (κ1) is 16.5. The van der Waals surface area contributed by atoms with Crippen LogP contribution in [0.4, 0.5) is 5.69 Å². The van der Waals surface area contributed by atoms with Crippen LogP contribution in [0, 0.1) is 0 Å². The number of nitrogens with zero attached hydrogens (tertiary/aromatic N) is 1. The molecule has 0 aliphatic heterocycles. The normalized spacial score (nSPS) is 11.8. The van der Waals surface area contributed by atoms with Crippen LogP contribution in [0.1, 0.15) is 40.0 Å². The predicted molar refractivity (Wildman–Crippen MR) is 85.1 cm³/mol. The molecular formula is C14H22BrNO2S. The van der Waals surface area contributed by atoms with Crippen molar-refractivity contribution >= 4 is 31.6 Å². The summed E-state index contributed by atoms with van der Waals surface area (Å²) in [6, 6.07) is 7.44. The van der Waals surface area contributed by atoms with E-state index in [1.807, 2.05) is 45.0 Å². The zero-order valence-corrected chi connectivity index (χ0v) is 14.2. The van der Waals surface area contributed by atoms with Gasteiger partial charge in [-0.05, 0) is 43.5 Å². The minimum atomic E-state index is -3.27. The maximum absolute atomic E-state index is 12.7. The van der Waals surface area contributed by atoms with Crippen molar-refractivity contribution in [3.05, 3.63) is 28.7 Å². The molecule has 19 heavy (non-hydrogen) atoms. The molecule has 0 atom stereocenters. The summed E-state index contributed by atoms with van der Waals surface area (Å²) in [5.41, 5.74) is 0.747. The van der Waals surface area contributed by atoms with E-state index in [1.54, 1.807) is 4.31 Å². The molecule has 1 rings (SSSR count). The van der Waals surface area contributed by atoms with Gasteiger partial charge in [-0.15, -0.1) is 0 Å². The first-order chi connectivity index (χ1) is 8.97. The Morgan fingerprint density at radius 1 is 1.11 bits per heavy atom. The van der Waals surface area contributed by atoms with Crippen molar-refractivity contribution in [2.45, 2.75) is 45.3 Å². The lowest BCUT2D eigenvalue weighted by Gasteiger charge is -2.28. The lowest BCUT2D eigenvalue weighted by molar-refractivity contribution is 0.565. The standard InChI is InChI=1S/C14H22BrNO2S/c1-4-11-16(13-9-7-12(15)8-10-13)19(17,18)14(5-2)6-3/h7-10,14H,4-6,11H2,1-3H3. The van der Waals surface area contributed by atoms with Gasteiger partial charge in [0.05, 0.1) is 10.9 Å². The highest BCUT2D eigenvalue weighted by Gasteiger charge is 2.29. The van der Waals surface area contributed by atoms with Crippen molar-refractivity contribution in [2.24, 2.45) is 0 Å². The lowest BCUT2D eigenvalue weighted by atomic mass is 10.3. The number of halogens is 1. The predicted octanol–water partition coefficient (Wildman–Crippen LogP) is 4.18. The first-order valence-corrected chi connectivity index (χ1v) is 9.04. The minimum Gasteiger partial charge on any atom is -0.270 e. The summed E-state index contributed by atoms with van der Waals surface area (Å²) < 4.78 is 27.9. The smallest absolute Gasteiger partial charge is 0.238 e. The number of anilines is 1. The zero-order chi connectivity index (χ0) is 14.5. The van der Waals surface area contributed by atoms with Gasteiger partial charge < -0.3 is 0 Å². The topological polar surface area (TPSA) is 37.4 Å². The van der Waals surface area contributed by atoms with Crippen molar-refractivity contribution in [1.82, 2.24) is 0 Å². The molecule has 0 spiro atoms. The third kappa shape index (κ3) is 3.96. The van der Waals surface area contributed by atoms with Crippen molar-refractivity contribution in [1.29, 1.82) is 0 Å². The summed E-state index contributed by atoms with van der Waals surface area (Å²) in [6.07, 6.45) is 2.10. The van der Waals surface area contributed by atoms with Crippen LogP contribution in [-0.4, -0.2) is 20.2 Å². The van der Waals surface area contributed by atoms with Gasteiger partial charge in [-0.3, -0.25) is 4.31 Å². The molecule has 0 heterocycles. The molecule has 0 aliphatic rings. The van der Waals surface area contributed by atoms with Crippen LogP contribution >= 0.6 is 15.9 Å². The van der Waals surface area contributed by atoms with Crippen molar-refractivity contribution in [2.75, 3.05) is 10.8 Å².